The molecule has 0 aliphatic carbocycles. The zero-order valence-corrected chi connectivity index (χ0v) is 14.0. The monoisotopic (exact) mass is 324 g/mol. The summed E-state index contributed by atoms with van der Waals surface area (Å²) in [5.41, 5.74) is 0.906. The van der Waals surface area contributed by atoms with Crippen LogP contribution in [0.25, 0.3) is 0 Å². The molecule has 0 aromatic heterocycles. The van der Waals surface area contributed by atoms with Crippen molar-refractivity contribution in [2.24, 2.45) is 5.92 Å². The molecular formula is C16H24N2O3S. The average molecular weight is 324 g/mol. The second-order valence-electron chi connectivity index (χ2n) is 6.14. The molecule has 122 valence electrons. The third kappa shape index (κ3) is 4.55. The fourth-order valence-electron chi connectivity index (χ4n) is 2.55. The van der Waals surface area contributed by atoms with Gasteiger partial charge in [-0.1, -0.05) is 44.2 Å². The van der Waals surface area contributed by atoms with Gasteiger partial charge >= 0.3 is 0 Å². The Bertz CT molecular complexity index is 585. The fourth-order valence-corrected chi connectivity index (χ4v) is 3.78. The van der Waals surface area contributed by atoms with Crippen LogP contribution in [0, 0.1) is 5.92 Å². The second kappa shape index (κ2) is 7.24. The van der Waals surface area contributed by atoms with Crippen LogP contribution >= 0.6 is 0 Å². The molecule has 1 aromatic rings. The summed E-state index contributed by atoms with van der Waals surface area (Å²) in [6, 6.07) is 9.13. The van der Waals surface area contributed by atoms with Crippen LogP contribution < -0.4 is 5.32 Å². The Kier molecular flexibility index (Phi) is 5.58. The number of rotatable bonds is 5. The van der Waals surface area contributed by atoms with Crippen molar-refractivity contribution in [1.82, 2.24) is 10.2 Å². The molecule has 2 rings (SSSR count). The third-order valence-electron chi connectivity index (χ3n) is 3.79. The first-order chi connectivity index (χ1) is 10.4. The second-order valence-corrected chi connectivity index (χ2v) is 8.44. The van der Waals surface area contributed by atoms with E-state index in [1.54, 1.807) is 0 Å². The minimum Gasteiger partial charge on any atom is -0.354 e. The van der Waals surface area contributed by atoms with Gasteiger partial charge in [0.05, 0.1) is 11.5 Å². The van der Waals surface area contributed by atoms with E-state index in [1.165, 1.54) is 0 Å². The number of hydrogen-bond donors (Lipinski definition) is 1. The van der Waals surface area contributed by atoms with Crippen molar-refractivity contribution in [2.75, 3.05) is 31.1 Å². The zero-order chi connectivity index (χ0) is 16.2. The van der Waals surface area contributed by atoms with Gasteiger partial charge in [-0.3, -0.25) is 9.69 Å². The summed E-state index contributed by atoms with van der Waals surface area (Å²) in [6.07, 6.45) is 0. The van der Waals surface area contributed by atoms with Crippen LogP contribution in [0.4, 0.5) is 0 Å². The highest BCUT2D eigenvalue weighted by Gasteiger charge is 2.32. The lowest BCUT2D eigenvalue weighted by Crippen LogP contribution is -2.48. The van der Waals surface area contributed by atoms with E-state index in [-0.39, 0.29) is 17.4 Å². The van der Waals surface area contributed by atoms with Gasteiger partial charge in [-0.25, -0.2) is 8.42 Å². The summed E-state index contributed by atoms with van der Waals surface area (Å²) in [5.74, 6) is 0.558. The number of benzene rings is 1. The molecule has 0 radical (unpaired) electrons. The van der Waals surface area contributed by atoms with Crippen molar-refractivity contribution in [2.45, 2.75) is 19.9 Å². The summed E-state index contributed by atoms with van der Waals surface area (Å²) >= 11 is 0. The molecule has 0 saturated carbocycles. The SMILES string of the molecule is CC(C)CNC(=O)[C@@H](c1ccccc1)N1CCS(=O)(=O)CC1. The lowest BCUT2D eigenvalue weighted by atomic mass is 10.0. The molecule has 1 fully saturated rings. The van der Waals surface area contributed by atoms with E-state index in [1.807, 2.05) is 49.1 Å². The molecule has 6 heteroatoms. The molecule has 1 aliphatic rings. The van der Waals surface area contributed by atoms with Gasteiger partial charge in [-0.05, 0) is 11.5 Å². The van der Waals surface area contributed by atoms with Crippen LogP contribution in [0.2, 0.25) is 0 Å². The van der Waals surface area contributed by atoms with Gasteiger partial charge < -0.3 is 5.32 Å². The Morgan fingerprint density at radius 1 is 1.18 bits per heavy atom. The lowest BCUT2D eigenvalue weighted by Gasteiger charge is -2.33. The highest BCUT2D eigenvalue weighted by molar-refractivity contribution is 7.91. The Labute approximate surface area is 132 Å². The van der Waals surface area contributed by atoms with Crippen molar-refractivity contribution in [1.29, 1.82) is 0 Å². The molecule has 1 saturated heterocycles. The Hall–Kier alpha value is -1.40. The van der Waals surface area contributed by atoms with E-state index < -0.39 is 15.9 Å². The van der Waals surface area contributed by atoms with Gasteiger partial charge in [-0.2, -0.15) is 0 Å². The quantitative estimate of drug-likeness (QED) is 0.885. The van der Waals surface area contributed by atoms with Gasteiger partial charge in [0, 0.05) is 19.6 Å². The van der Waals surface area contributed by atoms with Crippen LogP contribution in [-0.2, 0) is 14.6 Å². The molecule has 0 spiro atoms. The van der Waals surface area contributed by atoms with Crippen LogP contribution in [0.3, 0.4) is 0 Å². The maximum absolute atomic E-state index is 12.6. The largest absolute Gasteiger partial charge is 0.354 e. The van der Waals surface area contributed by atoms with Crippen molar-refractivity contribution >= 4 is 15.7 Å². The minimum atomic E-state index is -2.96. The molecule has 5 nitrogen and oxygen atoms in total. The number of hydrogen-bond acceptors (Lipinski definition) is 4. The molecule has 22 heavy (non-hydrogen) atoms. The maximum atomic E-state index is 12.6. The van der Waals surface area contributed by atoms with E-state index in [0.29, 0.717) is 25.6 Å². The first-order valence-corrected chi connectivity index (χ1v) is 9.48. The van der Waals surface area contributed by atoms with E-state index in [9.17, 15) is 13.2 Å². The summed E-state index contributed by atoms with van der Waals surface area (Å²) in [5, 5.41) is 2.97. The first-order valence-electron chi connectivity index (χ1n) is 7.66. The highest BCUT2D eigenvalue weighted by Crippen LogP contribution is 2.23. The number of nitrogens with zero attached hydrogens (tertiary/aromatic N) is 1. The van der Waals surface area contributed by atoms with Gasteiger partial charge in [-0.15, -0.1) is 0 Å². The standard InChI is InChI=1S/C16H24N2O3S/c1-13(2)12-17-16(19)15(14-6-4-3-5-7-14)18-8-10-22(20,21)11-9-18/h3-7,13,15H,8-12H2,1-2H3,(H,17,19)/t15-/m1/s1. The van der Waals surface area contributed by atoms with Crippen LogP contribution in [0.15, 0.2) is 30.3 Å². The molecule has 1 amide bonds. The number of nitrogens with one attached hydrogen (secondary N) is 1. The van der Waals surface area contributed by atoms with Crippen molar-refractivity contribution in [3.05, 3.63) is 35.9 Å². The van der Waals surface area contributed by atoms with Crippen molar-refractivity contribution < 1.29 is 13.2 Å². The van der Waals surface area contributed by atoms with Gasteiger partial charge in [0.15, 0.2) is 9.84 Å². The smallest absolute Gasteiger partial charge is 0.241 e. The number of amides is 1. The van der Waals surface area contributed by atoms with Crippen LogP contribution in [-0.4, -0.2) is 50.4 Å². The Balaban J connectivity index is 2.17. The van der Waals surface area contributed by atoms with Gasteiger partial charge in [0.1, 0.15) is 6.04 Å². The predicted octanol–water partition coefficient (Wildman–Crippen LogP) is 1.23. The summed E-state index contributed by atoms with van der Waals surface area (Å²) in [7, 11) is -2.96. The predicted molar refractivity (Wildman–Crippen MR) is 87.3 cm³/mol. The summed E-state index contributed by atoms with van der Waals surface area (Å²) in [6.45, 7) is 5.51. The van der Waals surface area contributed by atoms with Gasteiger partial charge in [0.25, 0.3) is 0 Å². The molecule has 0 bridgehead atoms. The van der Waals surface area contributed by atoms with Crippen LogP contribution in [0.1, 0.15) is 25.5 Å². The first kappa shape index (κ1) is 17.0. The number of sulfone groups is 1. The molecule has 1 heterocycles. The number of carbonyl (C=O) groups is 1. The average Bonchev–Trinajstić information content (AvgIpc) is 2.48. The minimum absolute atomic E-state index is 0.0563. The Morgan fingerprint density at radius 3 is 2.32 bits per heavy atom. The molecule has 0 unspecified atom stereocenters. The topological polar surface area (TPSA) is 66.5 Å². The third-order valence-corrected chi connectivity index (χ3v) is 5.40. The molecule has 1 N–H and O–H groups in total. The van der Waals surface area contributed by atoms with Gasteiger partial charge in [0.2, 0.25) is 5.91 Å². The summed E-state index contributed by atoms with van der Waals surface area (Å²) < 4.78 is 23.2. The maximum Gasteiger partial charge on any atom is 0.241 e. The zero-order valence-electron chi connectivity index (χ0n) is 13.2. The Morgan fingerprint density at radius 2 is 1.77 bits per heavy atom. The lowest BCUT2D eigenvalue weighted by molar-refractivity contribution is -0.126. The molecular weight excluding hydrogens is 300 g/mol. The highest BCUT2D eigenvalue weighted by atomic mass is 32.2. The van der Waals surface area contributed by atoms with Crippen molar-refractivity contribution in [3.8, 4) is 0 Å². The fraction of sp³-hybridized carbons (Fsp3) is 0.562. The molecule has 1 atom stereocenters. The van der Waals surface area contributed by atoms with E-state index in [4.69, 9.17) is 0 Å². The molecule has 1 aliphatic heterocycles. The number of carbonyl (C=O) groups excluding carboxylic acids is 1. The van der Waals surface area contributed by atoms with E-state index in [0.717, 1.165) is 5.56 Å². The molecule has 1 aromatic carbocycles. The van der Waals surface area contributed by atoms with Crippen molar-refractivity contribution in [3.63, 3.8) is 0 Å². The van der Waals surface area contributed by atoms with E-state index in [2.05, 4.69) is 5.32 Å². The summed E-state index contributed by atoms with van der Waals surface area (Å²) in [4.78, 5) is 14.6. The van der Waals surface area contributed by atoms with E-state index >= 15 is 0 Å². The van der Waals surface area contributed by atoms with Crippen LogP contribution in [0.5, 0.6) is 0 Å². The normalized spacial score (nSPS) is 19.8.